The predicted molar refractivity (Wildman–Crippen MR) is 92.3 cm³/mol. The summed E-state index contributed by atoms with van der Waals surface area (Å²) in [5, 5.41) is 5.40. The van der Waals surface area contributed by atoms with Gasteiger partial charge in [-0.15, -0.1) is 0 Å². The van der Waals surface area contributed by atoms with Gasteiger partial charge in [-0.2, -0.15) is 0 Å². The average molecular weight is 332 g/mol. The van der Waals surface area contributed by atoms with E-state index >= 15 is 0 Å². The van der Waals surface area contributed by atoms with Gasteiger partial charge in [-0.3, -0.25) is 10.1 Å². The second kappa shape index (κ2) is 7.69. The molecule has 0 saturated heterocycles. The van der Waals surface area contributed by atoms with Crippen LogP contribution in [-0.4, -0.2) is 17.1 Å². The van der Waals surface area contributed by atoms with Crippen LogP contribution >= 0.6 is 12.2 Å². The van der Waals surface area contributed by atoms with Crippen molar-refractivity contribution in [3.63, 3.8) is 0 Å². The van der Waals surface area contributed by atoms with Crippen molar-refractivity contribution >= 4 is 28.9 Å². The average Bonchev–Trinajstić information content (AvgIpc) is 2.47. The lowest BCUT2D eigenvalue weighted by atomic mass is 10.2. The highest BCUT2D eigenvalue weighted by atomic mass is 32.1. The first-order valence-corrected chi connectivity index (χ1v) is 7.49. The van der Waals surface area contributed by atoms with Gasteiger partial charge in [0.2, 0.25) is 0 Å². The maximum absolute atomic E-state index is 13.1. The highest BCUT2D eigenvalue weighted by Crippen LogP contribution is 2.14. The molecular weight excluding hydrogens is 315 g/mol. The molecule has 0 radical (unpaired) electrons. The molecule has 1 amide bonds. The fourth-order valence-corrected chi connectivity index (χ4v) is 2.07. The zero-order valence-corrected chi connectivity index (χ0v) is 13.6. The Bertz CT molecular complexity index is 702. The minimum absolute atomic E-state index is 0.0673. The largest absolute Gasteiger partial charge is 0.491 e. The fraction of sp³-hybridized carbons (Fsp3) is 0.176. The predicted octanol–water partition coefficient (Wildman–Crippen LogP) is 3.74. The number of nitrogens with one attached hydrogen (secondary N) is 2. The highest BCUT2D eigenvalue weighted by Gasteiger charge is 2.09. The molecule has 23 heavy (non-hydrogen) atoms. The second-order valence-electron chi connectivity index (χ2n) is 5.11. The normalized spacial score (nSPS) is 10.3. The van der Waals surface area contributed by atoms with Gasteiger partial charge in [-0.25, -0.2) is 4.39 Å². The Hall–Kier alpha value is -2.47. The Morgan fingerprint density at radius 1 is 1.17 bits per heavy atom. The summed E-state index contributed by atoms with van der Waals surface area (Å²) in [4.78, 5) is 12.1. The van der Waals surface area contributed by atoms with E-state index in [4.69, 9.17) is 17.0 Å². The Morgan fingerprint density at radius 3 is 2.48 bits per heavy atom. The van der Waals surface area contributed by atoms with E-state index in [1.54, 1.807) is 36.4 Å². The third-order valence-electron chi connectivity index (χ3n) is 2.80. The van der Waals surface area contributed by atoms with E-state index in [9.17, 15) is 9.18 Å². The molecule has 0 aliphatic carbocycles. The van der Waals surface area contributed by atoms with Crippen molar-refractivity contribution < 1.29 is 13.9 Å². The number of ether oxygens (including phenoxy) is 1. The molecule has 0 atom stereocenters. The molecule has 0 saturated carbocycles. The second-order valence-corrected chi connectivity index (χ2v) is 5.52. The number of halogens is 1. The first-order valence-electron chi connectivity index (χ1n) is 7.08. The van der Waals surface area contributed by atoms with Crippen molar-refractivity contribution in [3.05, 3.63) is 59.9 Å². The van der Waals surface area contributed by atoms with Crippen molar-refractivity contribution in [1.29, 1.82) is 0 Å². The minimum Gasteiger partial charge on any atom is -0.491 e. The van der Waals surface area contributed by atoms with Crippen molar-refractivity contribution in [1.82, 2.24) is 5.32 Å². The first-order chi connectivity index (χ1) is 10.9. The molecule has 0 bridgehead atoms. The monoisotopic (exact) mass is 332 g/mol. The van der Waals surface area contributed by atoms with E-state index in [-0.39, 0.29) is 22.9 Å². The lowest BCUT2D eigenvalue weighted by Crippen LogP contribution is -2.34. The molecule has 0 aliphatic heterocycles. The molecule has 2 aromatic carbocycles. The van der Waals surface area contributed by atoms with Gasteiger partial charge in [0, 0.05) is 11.3 Å². The van der Waals surface area contributed by atoms with Gasteiger partial charge in [0.05, 0.1) is 6.10 Å². The van der Waals surface area contributed by atoms with E-state index in [0.29, 0.717) is 17.0 Å². The number of benzene rings is 2. The Balaban J connectivity index is 1.94. The molecule has 0 aliphatic rings. The van der Waals surface area contributed by atoms with Gasteiger partial charge in [0.1, 0.15) is 11.6 Å². The molecule has 2 aromatic rings. The molecule has 4 nitrogen and oxygen atoms in total. The van der Waals surface area contributed by atoms with E-state index in [1.807, 2.05) is 13.8 Å². The molecule has 6 heteroatoms. The molecule has 0 heterocycles. The van der Waals surface area contributed by atoms with Crippen molar-refractivity contribution in [3.8, 4) is 5.75 Å². The van der Waals surface area contributed by atoms with Gasteiger partial charge in [-0.05, 0) is 68.5 Å². The van der Waals surface area contributed by atoms with Crippen molar-refractivity contribution in [2.45, 2.75) is 20.0 Å². The third kappa shape index (κ3) is 5.34. The van der Waals surface area contributed by atoms with E-state index < -0.39 is 0 Å². The lowest BCUT2D eigenvalue weighted by Gasteiger charge is -2.11. The van der Waals surface area contributed by atoms with Crippen LogP contribution in [0.25, 0.3) is 0 Å². The van der Waals surface area contributed by atoms with Crippen LogP contribution in [0.3, 0.4) is 0 Å². The van der Waals surface area contributed by atoms with Crippen LogP contribution in [0, 0.1) is 5.82 Å². The lowest BCUT2D eigenvalue weighted by molar-refractivity contribution is 0.0977. The van der Waals surface area contributed by atoms with Crippen LogP contribution in [0.1, 0.15) is 24.2 Å². The van der Waals surface area contributed by atoms with E-state index in [2.05, 4.69) is 10.6 Å². The van der Waals surface area contributed by atoms with Gasteiger partial charge < -0.3 is 10.1 Å². The molecule has 0 aromatic heterocycles. The van der Waals surface area contributed by atoms with Gasteiger partial charge in [-0.1, -0.05) is 6.07 Å². The molecule has 0 spiro atoms. The third-order valence-corrected chi connectivity index (χ3v) is 3.00. The molecular formula is C17H17FN2O2S. The number of anilines is 1. The SMILES string of the molecule is CC(C)Oc1ccc(C(=O)NC(=S)Nc2cccc(F)c2)cc1. The summed E-state index contributed by atoms with van der Waals surface area (Å²) in [6.45, 7) is 3.86. The Morgan fingerprint density at radius 2 is 1.87 bits per heavy atom. The summed E-state index contributed by atoms with van der Waals surface area (Å²) in [7, 11) is 0. The molecule has 0 fully saturated rings. The summed E-state index contributed by atoms with van der Waals surface area (Å²) in [6, 6.07) is 12.6. The van der Waals surface area contributed by atoms with Gasteiger partial charge in [0.15, 0.2) is 5.11 Å². The number of amides is 1. The number of thiocarbonyl (C=S) groups is 1. The Labute approximate surface area is 139 Å². The molecule has 120 valence electrons. The van der Waals surface area contributed by atoms with Crippen LogP contribution in [0.5, 0.6) is 5.75 Å². The zero-order valence-electron chi connectivity index (χ0n) is 12.8. The van der Waals surface area contributed by atoms with Crippen LogP contribution in [0.2, 0.25) is 0 Å². The van der Waals surface area contributed by atoms with Crippen molar-refractivity contribution in [2.24, 2.45) is 0 Å². The summed E-state index contributed by atoms with van der Waals surface area (Å²) in [5.74, 6) is -0.0446. The molecule has 0 unspecified atom stereocenters. The summed E-state index contributed by atoms with van der Waals surface area (Å²) < 4.78 is 18.6. The minimum atomic E-state index is -0.384. The van der Waals surface area contributed by atoms with Crippen LogP contribution < -0.4 is 15.4 Å². The van der Waals surface area contributed by atoms with Crippen LogP contribution in [0.15, 0.2) is 48.5 Å². The number of rotatable bonds is 4. The Kier molecular flexibility index (Phi) is 5.65. The number of hydrogen-bond donors (Lipinski definition) is 2. The summed E-state index contributed by atoms with van der Waals surface area (Å²) >= 11 is 5.05. The van der Waals surface area contributed by atoms with E-state index in [1.165, 1.54) is 12.1 Å². The van der Waals surface area contributed by atoms with E-state index in [0.717, 1.165) is 0 Å². The van der Waals surface area contributed by atoms with Crippen molar-refractivity contribution in [2.75, 3.05) is 5.32 Å². The summed E-state index contributed by atoms with van der Waals surface area (Å²) in [6.07, 6.45) is 0.0673. The standard InChI is InChI=1S/C17H17FN2O2S/c1-11(2)22-15-8-6-12(7-9-15)16(21)20-17(23)19-14-5-3-4-13(18)10-14/h3-11H,1-2H3,(H2,19,20,21,23). The zero-order chi connectivity index (χ0) is 16.8. The molecule has 2 rings (SSSR count). The smallest absolute Gasteiger partial charge is 0.257 e. The maximum atomic E-state index is 13.1. The highest BCUT2D eigenvalue weighted by molar-refractivity contribution is 7.80. The maximum Gasteiger partial charge on any atom is 0.257 e. The van der Waals surface area contributed by atoms with Gasteiger partial charge >= 0.3 is 0 Å². The molecule has 2 N–H and O–H groups in total. The quantitative estimate of drug-likeness (QED) is 0.838. The van der Waals surface area contributed by atoms with Gasteiger partial charge in [0.25, 0.3) is 5.91 Å². The number of hydrogen-bond acceptors (Lipinski definition) is 3. The number of carbonyl (C=O) groups is 1. The fourth-order valence-electron chi connectivity index (χ4n) is 1.86. The first kappa shape index (κ1) is 16.9. The topological polar surface area (TPSA) is 50.4 Å². The number of carbonyl (C=O) groups excluding carboxylic acids is 1. The summed E-state index contributed by atoms with van der Waals surface area (Å²) in [5.41, 5.74) is 0.917. The van der Waals surface area contributed by atoms with Crippen LogP contribution in [-0.2, 0) is 0 Å². The van der Waals surface area contributed by atoms with Crippen LogP contribution in [0.4, 0.5) is 10.1 Å².